The Morgan fingerprint density at radius 1 is 0.372 bits per heavy atom. The zero-order valence-electron chi connectivity index (χ0n) is 23.3. The van der Waals surface area contributed by atoms with Gasteiger partial charge >= 0.3 is 0 Å². The average Bonchev–Trinajstić information content (AvgIpc) is 3.48. The summed E-state index contributed by atoms with van der Waals surface area (Å²) in [4.78, 5) is 10.1. The third-order valence-corrected chi connectivity index (χ3v) is 7.91. The highest BCUT2D eigenvalue weighted by molar-refractivity contribution is 6.07. The van der Waals surface area contributed by atoms with E-state index in [1.807, 2.05) is 42.5 Å². The van der Waals surface area contributed by atoms with E-state index in [1.54, 1.807) is 0 Å². The Hall–Kier alpha value is -5.80. The minimum Gasteiger partial charge on any atom is -0.452 e. The van der Waals surface area contributed by atoms with Gasteiger partial charge in [0.1, 0.15) is 16.8 Å². The van der Waals surface area contributed by atoms with Gasteiger partial charge in [-0.1, -0.05) is 133 Å². The third-order valence-electron chi connectivity index (χ3n) is 7.91. The van der Waals surface area contributed by atoms with Crippen LogP contribution in [0.25, 0.3) is 78.1 Å². The molecule has 0 fully saturated rings. The normalized spacial score (nSPS) is 11.3. The van der Waals surface area contributed by atoms with Crippen molar-refractivity contribution in [2.24, 2.45) is 0 Å². The highest BCUT2D eigenvalue weighted by Gasteiger charge is 2.18. The van der Waals surface area contributed by atoms with Crippen molar-refractivity contribution in [1.29, 1.82) is 0 Å². The second-order valence-electron chi connectivity index (χ2n) is 10.6. The van der Waals surface area contributed by atoms with Gasteiger partial charge in [-0.3, -0.25) is 0 Å². The van der Waals surface area contributed by atoms with Crippen molar-refractivity contribution in [2.45, 2.75) is 0 Å². The van der Waals surface area contributed by atoms with Crippen molar-refractivity contribution in [3.63, 3.8) is 0 Å². The molecule has 2 aromatic heterocycles. The fourth-order valence-corrected chi connectivity index (χ4v) is 5.71. The molecule has 0 saturated carbocycles. The lowest BCUT2D eigenvalue weighted by atomic mass is 9.96. The molecule has 2 heterocycles. The maximum absolute atomic E-state index is 6.28. The Bertz CT molecular complexity index is 2220. The molecule has 0 aliphatic carbocycles. The summed E-state index contributed by atoms with van der Waals surface area (Å²) in [7, 11) is 0. The Kier molecular flexibility index (Phi) is 6.12. The average molecular weight is 551 g/mol. The van der Waals surface area contributed by atoms with E-state index in [0.717, 1.165) is 44.4 Å². The van der Waals surface area contributed by atoms with Crippen LogP contribution in [0.2, 0.25) is 0 Å². The standard InChI is InChI=1S/C40H26N2O/c1-3-11-27(12-4-1)28-21-23-29(24-22-28)31-15-9-16-32(25-31)33-17-10-18-34(26-33)40-41-37(30-13-5-2-6-14-30)39-38(42-40)35-19-7-8-20-36(35)43-39/h1-26H. The van der Waals surface area contributed by atoms with Gasteiger partial charge in [0.15, 0.2) is 11.4 Å². The van der Waals surface area contributed by atoms with E-state index >= 15 is 0 Å². The fraction of sp³-hybridized carbons (Fsp3) is 0. The number of aromatic nitrogens is 2. The van der Waals surface area contributed by atoms with Gasteiger partial charge in [0.25, 0.3) is 0 Å². The van der Waals surface area contributed by atoms with Crippen LogP contribution >= 0.6 is 0 Å². The zero-order valence-corrected chi connectivity index (χ0v) is 23.3. The van der Waals surface area contributed by atoms with E-state index in [1.165, 1.54) is 22.3 Å². The SMILES string of the molecule is c1ccc(-c2ccc(-c3cccc(-c4cccc(-c5nc(-c6ccccc6)c6oc7ccccc7c6n5)c4)c3)cc2)cc1. The van der Waals surface area contributed by atoms with Gasteiger partial charge in [0, 0.05) is 16.5 Å². The highest BCUT2D eigenvalue weighted by Crippen LogP contribution is 2.36. The number of nitrogens with zero attached hydrogens (tertiary/aromatic N) is 2. The second kappa shape index (κ2) is 10.6. The van der Waals surface area contributed by atoms with Crippen molar-refractivity contribution in [1.82, 2.24) is 9.97 Å². The molecule has 3 heteroatoms. The molecule has 0 atom stereocenters. The smallest absolute Gasteiger partial charge is 0.180 e. The molecule has 8 rings (SSSR count). The number of hydrogen-bond acceptors (Lipinski definition) is 3. The van der Waals surface area contributed by atoms with Gasteiger partial charge in [-0.15, -0.1) is 0 Å². The molecule has 0 bridgehead atoms. The van der Waals surface area contributed by atoms with Crippen molar-refractivity contribution in [3.8, 4) is 56.0 Å². The summed E-state index contributed by atoms with van der Waals surface area (Å²) in [6.45, 7) is 0. The number of rotatable bonds is 5. The summed E-state index contributed by atoms with van der Waals surface area (Å²) >= 11 is 0. The largest absolute Gasteiger partial charge is 0.452 e. The summed E-state index contributed by atoms with van der Waals surface area (Å²) in [5, 5.41) is 0.987. The van der Waals surface area contributed by atoms with E-state index in [-0.39, 0.29) is 0 Å². The van der Waals surface area contributed by atoms with E-state index in [4.69, 9.17) is 14.4 Å². The van der Waals surface area contributed by atoms with Gasteiger partial charge < -0.3 is 4.42 Å². The lowest BCUT2D eigenvalue weighted by Crippen LogP contribution is -1.94. The maximum Gasteiger partial charge on any atom is 0.180 e. The predicted octanol–water partition coefficient (Wildman–Crippen LogP) is 10.7. The summed E-state index contributed by atoms with van der Waals surface area (Å²) < 4.78 is 6.28. The van der Waals surface area contributed by atoms with Crippen molar-refractivity contribution in [2.75, 3.05) is 0 Å². The van der Waals surface area contributed by atoms with Crippen LogP contribution in [-0.2, 0) is 0 Å². The lowest BCUT2D eigenvalue weighted by Gasteiger charge is -2.10. The first kappa shape index (κ1) is 25.0. The van der Waals surface area contributed by atoms with Crippen LogP contribution in [-0.4, -0.2) is 9.97 Å². The molecular formula is C40H26N2O. The van der Waals surface area contributed by atoms with E-state index in [0.29, 0.717) is 11.4 Å². The summed E-state index contributed by atoms with van der Waals surface area (Å²) in [5.41, 5.74) is 12.1. The van der Waals surface area contributed by atoms with Crippen LogP contribution in [0.5, 0.6) is 0 Å². The van der Waals surface area contributed by atoms with E-state index in [2.05, 4.69) is 115 Å². The van der Waals surface area contributed by atoms with Crippen molar-refractivity contribution >= 4 is 22.1 Å². The van der Waals surface area contributed by atoms with E-state index in [9.17, 15) is 0 Å². The van der Waals surface area contributed by atoms with Crippen molar-refractivity contribution in [3.05, 3.63) is 158 Å². The lowest BCUT2D eigenvalue weighted by molar-refractivity contribution is 0.667. The summed E-state index contributed by atoms with van der Waals surface area (Å²) in [5.74, 6) is 0.674. The Morgan fingerprint density at radius 2 is 0.860 bits per heavy atom. The zero-order chi connectivity index (χ0) is 28.6. The van der Waals surface area contributed by atoms with Gasteiger partial charge in [-0.2, -0.15) is 0 Å². The fourth-order valence-electron chi connectivity index (χ4n) is 5.71. The Morgan fingerprint density at radius 3 is 1.56 bits per heavy atom. The number of furan rings is 1. The second-order valence-corrected chi connectivity index (χ2v) is 10.6. The van der Waals surface area contributed by atoms with Gasteiger partial charge in [0.05, 0.1) is 0 Å². The quantitative estimate of drug-likeness (QED) is 0.214. The molecule has 43 heavy (non-hydrogen) atoms. The molecule has 0 amide bonds. The molecule has 0 spiro atoms. The first-order valence-corrected chi connectivity index (χ1v) is 14.4. The monoisotopic (exact) mass is 550 g/mol. The minimum absolute atomic E-state index is 0.674. The van der Waals surface area contributed by atoms with Crippen LogP contribution in [0.1, 0.15) is 0 Å². The number of para-hydroxylation sites is 1. The van der Waals surface area contributed by atoms with Gasteiger partial charge in [-0.05, 0) is 57.6 Å². The molecule has 0 radical (unpaired) electrons. The van der Waals surface area contributed by atoms with Gasteiger partial charge in [-0.25, -0.2) is 9.97 Å². The van der Waals surface area contributed by atoms with Crippen LogP contribution in [0.3, 0.4) is 0 Å². The number of fused-ring (bicyclic) bond motifs is 3. The molecule has 0 saturated heterocycles. The number of benzene rings is 6. The summed E-state index contributed by atoms with van der Waals surface area (Å²) in [6, 6.07) is 54.6. The summed E-state index contributed by atoms with van der Waals surface area (Å²) in [6.07, 6.45) is 0. The molecule has 202 valence electrons. The molecule has 0 aliphatic heterocycles. The molecular weight excluding hydrogens is 524 g/mol. The number of hydrogen-bond donors (Lipinski definition) is 0. The highest BCUT2D eigenvalue weighted by atomic mass is 16.3. The van der Waals surface area contributed by atoms with Crippen LogP contribution in [0.4, 0.5) is 0 Å². The van der Waals surface area contributed by atoms with Crippen LogP contribution < -0.4 is 0 Å². The minimum atomic E-state index is 0.674. The Balaban J connectivity index is 1.20. The molecule has 6 aromatic carbocycles. The van der Waals surface area contributed by atoms with E-state index < -0.39 is 0 Å². The molecule has 3 nitrogen and oxygen atoms in total. The molecule has 0 unspecified atom stereocenters. The molecule has 0 N–H and O–H groups in total. The van der Waals surface area contributed by atoms with Crippen molar-refractivity contribution < 1.29 is 4.42 Å². The Labute approximate surface area is 249 Å². The first-order chi connectivity index (χ1) is 21.3. The molecule has 0 aliphatic rings. The maximum atomic E-state index is 6.28. The van der Waals surface area contributed by atoms with Crippen LogP contribution in [0, 0.1) is 0 Å². The first-order valence-electron chi connectivity index (χ1n) is 14.4. The van der Waals surface area contributed by atoms with Crippen LogP contribution in [0.15, 0.2) is 162 Å². The molecule has 8 aromatic rings. The predicted molar refractivity (Wildman–Crippen MR) is 176 cm³/mol. The van der Waals surface area contributed by atoms with Gasteiger partial charge in [0.2, 0.25) is 0 Å². The third kappa shape index (κ3) is 4.67. The topological polar surface area (TPSA) is 38.9 Å².